The van der Waals surface area contributed by atoms with Crippen molar-refractivity contribution in [2.45, 2.75) is 12.7 Å². The fourth-order valence-electron chi connectivity index (χ4n) is 2.20. The van der Waals surface area contributed by atoms with Gasteiger partial charge in [-0.25, -0.2) is 9.97 Å². The second-order valence-electron chi connectivity index (χ2n) is 5.34. The van der Waals surface area contributed by atoms with Crippen molar-refractivity contribution in [2.75, 3.05) is 10.6 Å². The minimum atomic E-state index is -4.67. The summed E-state index contributed by atoms with van der Waals surface area (Å²) >= 11 is 5.63. The summed E-state index contributed by atoms with van der Waals surface area (Å²) in [4.78, 5) is 20.3. The third kappa shape index (κ3) is 4.76. The Morgan fingerprint density at radius 1 is 1.22 bits per heavy atom. The Morgan fingerprint density at radius 3 is 2.74 bits per heavy atom. The third-order valence-electron chi connectivity index (χ3n) is 3.42. The molecule has 0 spiro atoms. The number of hydrogen-bond acceptors (Lipinski definition) is 5. The quantitative estimate of drug-likeness (QED) is 0.658. The first-order valence-corrected chi connectivity index (χ1v) is 7.98. The van der Waals surface area contributed by atoms with Crippen LogP contribution >= 0.6 is 11.6 Å². The largest absolute Gasteiger partial charge is 0.467 e. The minimum Gasteiger partial charge on any atom is -0.467 e. The third-order valence-corrected chi connectivity index (χ3v) is 3.66. The Bertz CT molecular complexity index is 946. The van der Waals surface area contributed by atoms with Gasteiger partial charge in [-0.2, -0.15) is 13.2 Å². The molecule has 0 saturated carbocycles. The molecule has 1 amide bonds. The molecule has 0 radical (unpaired) electrons. The summed E-state index contributed by atoms with van der Waals surface area (Å²) in [5.41, 5.74) is -1.57. The highest BCUT2D eigenvalue weighted by Crippen LogP contribution is 2.36. The lowest BCUT2D eigenvalue weighted by molar-refractivity contribution is -0.136. The lowest BCUT2D eigenvalue weighted by Crippen LogP contribution is -2.18. The standard InChI is InChI=1S/C17H12ClF3N4O2/c18-10-3-4-13(12(8-10)17(19,20)21)24-15(26)14-5-6-22-16(25-14)23-9-11-2-1-7-27-11/h1-8H,9H2,(H,24,26)(H,22,23,25). The van der Waals surface area contributed by atoms with Crippen molar-refractivity contribution >= 4 is 29.1 Å². The lowest BCUT2D eigenvalue weighted by atomic mass is 10.1. The molecule has 6 nitrogen and oxygen atoms in total. The molecule has 0 fully saturated rings. The van der Waals surface area contributed by atoms with Gasteiger partial charge < -0.3 is 15.1 Å². The lowest BCUT2D eigenvalue weighted by Gasteiger charge is -2.14. The maximum atomic E-state index is 13.1. The van der Waals surface area contributed by atoms with Gasteiger partial charge in [0.1, 0.15) is 11.5 Å². The highest BCUT2D eigenvalue weighted by molar-refractivity contribution is 6.30. The van der Waals surface area contributed by atoms with Crippen molar-refractivity contribution in [1.29, 1.82) is 0 Å². The molecule has 0 bridgehead atoms. The van der Waals surface area contributed by atoms with Gasteiger partial charge in [-0.05, 0) is 36.4 Å². The van der Waals surface area contributed by atoms with Gasteiger partial charge in [0.2, 0.25) is 5.95 Å². The molecule has 2 aromatic heterocycles. The molecule has 3 rings (SSSR count). The Morgan fingerprint density at radius 2 is 2.04 bits per heavy atom. The van der Waals surface area contributed by atoms with Gasteiger partial charge in [0, 0.05) is 11.2 Å². The summed E-state index contributed by atoms with van der Waals surface area (Å²) in [7, 11) is 0. The van der Waals surface area contributed by atoms with Crippen LogP contribution in [0.4, 0.5) is 24.8 Å². The van der Waals surface area contributed by atoms with E-state index in [-0.39, 0.29) is 23.2 Å². The molecule has 0 aliphatic rings. The zero-order valence-electron chi connectivity index (χ0n) is 13.5. The highest BCUT2D eigenvalue weighted by atomic mass is 35.5. The highest BCUT2D eigenvalue weighted by Gasteiger charge is 2.34. The van der Waals surface area contributed by atoms with E-state index < -0.39 is 23.3 Å². The van der Waals surface area contributed by atoms with E-state index in [1.54, 1.807) is 12.1 Å². The first kappa shape index (κ1) is 18.7. The molecule has 10 heteroatoms. The molecular formula is C17H12ClF3N4O2. The number of aromatic nitrogens is 2. The number of amides is 1. The summed E-state index contributed by atoms with van der Waals surface area (Å²) in [5, 5.41) is 4.97. The molecule has 2 heterocycles. The predicted molar refractivity (Wildman–Crippen MR) is 92.5 cm³/mol. The van der Waals surface area contributed by atoms with Gasteiger partial charge in [0.15, 0.2) is 0 Å². The fraction of sp³-hybridized carbons (Fsp3) is 0.118. The Balaban J connectivity index is 1.76. The number of anilines is 2. The number of rotatable bonds is 5. The van der Waals surface area contributed by atoms with Crippen molar-refractivity contribution < 1.29 is 22.4 Å². The van der Waals surface area contributed by atoms with E-state index in [0.717, 1.165) is 12.1 Å². The van der Waals surface area contributed by atoms with Gasteiger partial charge in [0.05, 0.1) is 24.1 Å². The molecule has 0 aliphatic heterocycles. The zero-order valence-corrected chi connectivity index (χ0v) is 14.3. The SMILES string of the molecule is O=C(Nc1ccc(Cl)cc1C(F)(F)F)c1ccnc(NCc2ccco2)n1. The van der Waals surface area contributed by atoms with E-state index in [4.69, 9.17) is 16.0 Å². The summed E-state index contributed by atoms with van der Waals surface area (Å²) in [5.74, 6) is -0.0538. The Kier molecular flexibility index (Phi) is 5.31. The van der Waals surface area contributed by atoms with Crippen LogP contribution in [0.2, 0.25) is 5.02 Å². The predicted octanol–water partition coefficient (Wildman–Crippen LogP) is 4.61. The number of alkyl halides is 3. The Labute approximate surface area is 156 Å². The topological polar surface area (TPSA) is 80.0 Å². The van der Waals surface area contributed by atoms with Crippen LogP contribution in [0.1, 0.15) is 21.8 Å². The number of halogens is 4. The molecule has 0 atom stereocenters. The molecule has 27 heavy (non-hydrogen) atoms. The maximum Gasteiger partial charge on any atom is 0.418 e. The van der Waals surface area contributed by atoms with Gasteiger partial charge in [-0.3, -0.25) is 4.79 Å². The van der Waals surface area contributed by atoms with E-state index in [1.807, 2.05) is 0 Å². The summed E-state index contributed by atoms with van der Waals surface area (Å²) in [6.07, 6.45) is -1.85. The van der Waals surface area contributed by atoms with Crippen LogP contribution in [0.5, 0.6) is 0 Å². The van der Waals surface area contributed by atoms with Gasteiger partial charge in [-0.1, -0.05) is 11.6 Å². The van der Waals surface area contributed by atoms with Gasteiger partial charge >= 0.3 is 6.18 Å². The van der Waals surface area contributed by atoms with Crippen LogP contribution in [0.25, 0.3) is 0 Å². The number of carbonyl (C=O) groups is 1. The van der Waals surface area contributed by atoms with Crippen LogP contribution < -0.4 is 10.6 Å². The second-order valence-corrected chi connectivity index (χ2v) is 5.78. The molecule has 0 unspecified atom stereocenters. The monoisotopic (exact) mass is 396 g/mol. The Hall–Kier alpha value is -3.07. The van der Waals surface area contributed by atoms with Crippen molar-refractivity contribution in [3.8, 4) is 0 Å². The molecule has 140 valence electrons. The van der Waals surface area contributed by atoms with Crippen molar-refractivity contribution in [3.63, 3.8) is 0 Å². The number of hydrogen-bond donors (Lipinski definition) is 2. The van der Waals surface area contributed by atoms with Crippen LogP contribution in [0.15, 0.2) is 53.3 Å². The van der Waals surface area contributed by atoms with E-state index >= 15 is 0 Å². The normalized spacial score (nSPS) is 11.3. The van der Waals surface area contributed by atoms with Crippen molar-refractivity contribution in [2.24, 2.45) is 0 Å². The summed E-state index contributed by atoms with van der Waals surface area (Å²) in [6, 6.07) is 7.82. The molecule has 0 aliphatic carbocycles. The van der Waals surface area contributed by atoms with E-state index in [1.165, 1.54) is 24.6 Å². The van der Waals surface area contributed by atoms with E-state index in [2.05, 4.69) is 20.6 Å². The number of nitrogens with zero attached hydrogens (tertiary/aromatic N) is 2. The number of nitrogens with one attached hydrogen (secondary N) is 2. The molecule has 1 aromatic carbocycles. The first-order chi connectivity index (χ1) is 12.8. The number of benzene rings is 1. The molecule has 2 N–H and O–H groups in total. The molecule has 3 aromatic rings. The zero-order chi connectivity index (χ0) is 19.4. The fourth-order valence-corrected chi connectivity index (χ4v) is 2.37. The maximum absolute atomic E-state index is 13.1. The average Bonchev–Trinajstić information content (AvgIpc) is 3.14. The van der Waals surface area contributed by atoms with Gasteiger partial charge in [-0.15, -0.1) is 0 Å². The second kappa shape index (κ2) is 7.67. The first-order valence-electron chi connectivity index (χ1n) is 7.60. The van der Waals surface area contributed by atoms with Gasteiger partial charge in [0.25, 0.3) is 5.91 Å². The van der Waals surface area contributed by atoms with Crippen LogP contribution in [-0.4, -0.2) is 15.9 Å². The smallest absolute Gasteiger partial charge is 0.418 e. The van der Waals surface area contributed by atoms with E-state index in [9.17, 15) is 18.0 Å². The average molecular weight is 397 g/mol. The summed E-state index contributed by atoms with van der Waals surface area (Å²) in [6.45, 7) is 0.285. The minimum absolute atomic E-state index is 0.0910. The van der Waals surface area contributed by atoms with Crippen LogP contribution in [0.3, 0.4) is 0 Å². The van der Waals surface area contributed by atoms with Crippen molar-refractivity contribution in [1.82, 2.24) is 9.97 Å². The van der Waals surface area contributed by atoms with E-state index in [0.29, 0.717) is 5.76 Å². The van der Waals surface area contributed by atoms with Crippen LogP contribution in [0, 0.1) is 0 Å². The molecule has 0 saturated heterocycles. The molecular weight excluding hydrogens is 385 g/mol. The number of carbonyl (C=O) groups excluding carboxylic acids is 1. The van der Waals surface area contributed by atoms with Crippen molar-refractivity contribution in [3.05, 3.63) is 70.9 Å². The van der Waals surface area contributed by atoms with Crippen LogP contribution in [-0.2, 0) is 12.7 Å². The number of furan rings is 1. The summed E-state index contributed by atoms with van der Waals surface area (Å²) < 4.78 is 44.5.